The number of nitrogens with zero attached hydrogens (tertiary/aromatic N) is 2. The molecule has 0 saturated heterocycles. The zero-order valence-electron chi connectivity index (χ0n) is 14.7. The molecule has 0 aliphatic carbocycles. The van der Waals surface area contributed by atoms with Crippen LogP contribution in [0.5, 0.6) is 0 Å². The molecule has 0 saturated carbocycles. The molecule has 0 fully saturated rings. The third-order valence-corrected chi connectivity index (χ3v) is 4.47. The number of para-hydroxylation sites is 1. The first-order valence-corrected chi connectivity index (χ1v) is 8.52. The van der Waals surface area contributed by atoms with Crippen LogP contribution in [-0.2, 0) is 11.3 Å². The molecule has 5 heteroatoms. The summed E-state index contributed by atoms with van der Waals surface area (Å²) in [7, 11) is 0. The van der Waals surface area contributed by atoms with Gasteiger partial charge in [-0.3, -0.25) is 4.79 Å². The van der Waals surface area contributed by atoms with E-state index in [0.717, 1.165) is 34.5 Å². The van der Waals surface area contributed by atoms with Crippen LogP contribution in [0.3, 0.4) is 0 Å². The van der Waals surface area contributed by atoms with Gasteiger partial charge < -0.3 is 15.6 Å². The minimum atomic E-state index is -0.0170. The second kappa shape index (κ2) is 6.99. The van der Waals surface area contributed by atoms with Gasteiger partial charge in [-0.05, 0) is 18.1 Å². The Hall–Kier alpha value is -2.79. The Bertz CT molecular complexity index is 828. The van der Waals surface area contributed by atoms with Gasteiger partial charge in [0, 0.05) is 24.6 Å². The molecule has 3 rings (SSSR count). The SMILES string of the molecule is CCCN(N)/C1=C(\N)c2ccccc2N(C(C)=O)Cc2ccccc21. The molecule has 0 aromatic heterocycles. The molecule has 5 nitrogen and oxygen atoms in total. The Morgan fingerprint density at radius 1 is 1.12 bits per heavy atom. The lowest BCUT2D eigenvalue weighted by Gasteiger charge is -2.32. The third kappa shape index (κ3) is 3.10. The summed E-state index contributed by atoms with van der Waals surface area (Å²) < 4.78 is 0. The predicted octanol–water partition coefficient (Wildman–Crippen LogP) is 2.92. The van der Waals surface area contributed by atoms with Crippen molar-refractivity contribution in [2.75, 3.05) is 11.4 Å². The summed E-state index contributed by atoms with van der Waals surface area (Å²) in [6, 6.07) is 15.7. The topological polar surface area (TPSA) is 75.6 Å². The molecule has 1 amide bonds. The molecule has 1 aliphatic rings. The van der Waals surface area contributed by atoms with E-state index in [1.807, 2.05) is 48.5 Å². The largest absolute Gasteiger partial charge is 0.396 e. The van der Waals surface area contributed by atoms with Crippen LogP contribution in [0.2, 0.25) is 0 Å². The van der Waals surface area contributed by atoms with Crippen LogP contribution in [0.25, 0.3) is 11.4 Å². The maximum Gasteiger partial charge on any atom is 0.224 e. The fourth-order valence-electron chi connectivity index (χ4n) is 3.30. The molecule has 2 aromatic rings. The number of rotatable bonds is 3. The number of hydrogen-bond donors (Lipinski definition) is 2. The average molecular weight is 336 g/mol. The van der Waals surface area contributed by atoms with Crippen molar-refractivity contribution >= 4 is 23.0 Å². The molecule has 4 N–H and O–H groups in total. The van der Waals surface area contributed by atoms with Crippen LogP contribution in [0.15, 0.2) is 48.5 Å². The minimum Gasteiger partial charge on any atom is -0.396 e. The van der Waals surface area contributed by atoms with Gasteiger partial charge in [0.05, 0.1) is 23.6 Å². The molecular weight excluding hydrogens is 312 g/mol. The quantitative estimate of drug-likeness (QED) is 0.667. The fraction of sp³-hybridized carbons (Fsp3) is 0.250. The second-order valence-electron chi connectivity index (χ2n) is 6.24. The summed E-state index contributed by atoms with van der Waals surface area (Å²) in [6.07, 6.45) is 0.913. The van der Waals surface area contributed by atoms with Gasteiger partial charge in [-0.25, -0.2) is 5.84 Å². The van der Waals surface area contributed by atoms with Crippen LogP contribution in [0.1, 0.15) is 37.0 Å². The van der Waals surface area contributed by atoms with Crippen molar-refractivity contribution < 1.29 is 4.79 Å². The van der Waals surface area contributed by atoms with Crippen LogP contribution < -0.4 is 16.5 Å². The summed E-state index contributed by atoms with van der Waals surface area (Å²) in [4.78, 5) is 14.1. The molecule has 0 spiro atoms. The normalized spacial score (nSPS) is 16.5. The number of hydrazine groups is 1. The summed E-state index contributed by atoms with van der Waals surface area (Å²) in [5, 5.41) is 1.72. The van der Waals surface area contributed by atoms with E-state index in [4.69, 9.17) is 11.6 Å². The Balaban J connectivity index is 2.32. The first-order valence-electron chi connectivity index (χ1n) is 8.52. The van der Waals surface area contributed by atoms with Gasteiger partial charge in [-0.1, -0.05) is 49.4 Å². The van der Waals surface area contributed by atoms with E-state index < -0.39 is 0 Å². The number of benzene rings is 2. The summed E-state index contributed by atoms with van der Waals surface area (Å²) in [5.41, 5.74) is 11.6. The Morgan fingerprint density at radius 2 is 1.76 bits per heavy atom. The third-order valence-electron chi connectivity index (χ3n) is 4.47. The van der Waals surface area contributed by atoms with Crippen LogP contribution in [-0.4, -0.2) is 17.5 Å². The van der Waals surface area contributed by atoms with Crippen LogP contribution >= 0.6 is 0 Å². The van der Waals surface area contributed by atoms with Crippen LogP contribution in [0.4, 0.5) is 5.69 Å². The summed E-state index contributed by atoms with van der Waals surface area (Å²) in [6.45, 7) is 4.84. The fourth-order valence-corrected chi connectivity index (χ4v) is 3.30. The molecule has 0 unspecified atom stereocenters. The Labute approximate surface area is 148 Å². The average Bonchev–Trinajstić information content (AvgIpc) is 2.59. The van der Waals surface area contributed by atoms with Gasteiger partial charge in [0.15, 0.2) is 0 Å². The highest BCUT2D eigenvalue weighted by Gasteiger charge is 2.25. The first kappa shape index (κ1) is 17.0. The second-order valence-corrected chi connectivity index (χ2v) is 6.24. The van der Waals surface area contributed by atoms with Gasteiger partial charge in [-0.2, -0.15) is 0 Å². The van der Waals surface area contributed by atoms with E-state index in [0.29, 0.717) is 18.8 Å². The van der Waals surface area contributed by atoms with Gasteiger partial charge in [0.25, 0.3) is 0 Å². The minimum absolute atomic E-state index is 0.0170. The highest BCUT2D eigenvalue weighted by atomic mass is 16.2. The van der Waals surface area contributed by atoms with Crippen molar-refractivity contribution in [3.8, 4) is 0 Å². The number of carbonyl (C=O) groups excluding carboxylic acids is 1. The zero-order chi connectivity index (χ0) is 18.0. The molecule has 0 bridgehead atoms. The maximum atomic E-state index is 12.3. The molecule has 0 radical (unpaired) electrons. The lowest BCUT2D eigenvalue weighted by atomic mass is 9.95. The number of amides is 1. The molecule has 130 valence electrons. The van der Waals surface area contributed by atoms with Crippen molar-refractivity contribution in [1.82, 2.24) is 5.01 Å². The monoisotopic (exact) mass is 336 g/mol. The first-order chi connectivity index (χ1) is 12.0. The molecule has 2 aromatic carbocycles. The van der Waals surface area contributed by atoms with Crippen molar-refractivity contribution in [3.05, 3.63) is 65.2 Å². The number of hydrogen-bond acceptors (Lipinski definition) is 4. The van der Waals surface area contributed by atoms with Crippen molar-refractivity contribution in [1.29, 1.82) is 0 Å². The van der Waals surface area contributed by atoms with Crippen molar-refractivity contribution in [2.24, 2.45) is 11.6 Å². The van der Waals surface area contributed by atoms with E-state index in [1.54, 1.807) is 16.8 Å². The van der Waals surface area contributed by atoms with Gasteiger partial charge in [0.2, 0.25) is 5.91 Å². The lowest BCUT2D eigenvalue weighted by Crippen LogP contribution is -2.35. The highest BCUT2D eigenvalue weighted by Crippen LogP contribution is 2.36. The number of carbonyl (C=O) groups is 1. The maximum absolute atomic E-state index is 12.3. The number of fused-ring (bicyclic) bond motifs is 2. The van der Waals surface area contributed by atoms with Gasteiger partial charge >= 0.3 is 0 Å². The lowest BCUT2D eigenvalue weighted by molar-refractivity contribution is -0.116. The van der Waals surface area contributed by atoms with Gasteiger partial charge in [0.1, 0.15) is 0 Å². The van der Waals surface area contributed by atoms with E-state index >= 15 is 0 Å². The molecular formula is C20H24N4O. The van der Waals surface area contributed by atoms with E-state index in [2.05, 4.69) is 6.92 Å². The molecule has 25 heavy (non-hydrogen) atoms. The molecule has 1 aliphatic heterocycles. The summed E-state index contributed by atoms with van der Waals surface area (Å²) >= 11 is 0. The van der Waals surface area contributed by atoms with Crippen molar-refractivity contribution in [2.45, 2.75) is 26.8 Å². The van der Waals surface area contributed by atoms with E-state index in [1.165, 1.54) is 0 Å². The highest BCUT2D eigenvalue weighted by molar-refractivity contribution is 6.00. The van der Waals surface area contributed by atoms with E-state index in [-0.39, 0.29) is 5.91 Å². The molecule has 0 atom stereocenters. The van der Waals surface area contributed by atoms with Gasteiger partial charge in [-0.15, -0.1) is 0 Å². The number of nitrogens with two attached hydrogens (primary N) is 2. The Kier molecular flexibility index (Phi) is 4.76. The number of anilines is 1. The zero-order valence-corrected chi connectivity index (χ0v) is 14.7. The van der Waals surface area contributed by atoms with Crippen LogP contribution in [0, 0.1) is 0 Å². The Morgan fingerprint density at radius 3 is 2.44 bits per heavy atom. The van der Waals surface area contributed by atoms with E-state index in [9.17, 15) is 4.79 Å². The predicted molar refractivity (Wildman–Crippen MR) is 102 cm³/mol. The smallest absolute Gasteiger partial charge is 0.224 e. The molecule has 1 heterocycles. The summed E-state index contributed by atoms with van der Waals surface area (Å²) in [5.74, 6) is 6.33. The standard InChI is InChI=1S/C20H24N4O/c1-3-12-24(22)20-16-9-5-4-8-15(16)13-23(14(2)25)18-11-7-6-10-17(18)19(20)21/h4-11H,3,12-13,21-22H2,1-2H3/b20-19-. The van der Waals surface area contributed by atoms with Crippen molar-refractivity contribution in [3.63, 3.8) is 0 Å².